The van der Waals surface area contributed by atoms with Gasteiger partial charge in [0.05, 0.1) is 11.4 Å². The third kappa shape index (κ3) is 1.26. The summed E-state index contributed by atoms with van der Waals surface area (Å²) in [5.74, 6) is -0.541. The quantitative estimate of drug-likeness (QED) is 0.642. The Morgan fingerprint density at radius 2 is 2.14 bits per heavy atom. The molecule has 5 heteroatoms. The van der Waals surface area contributed by atoms with Gasteiger partial charge in [-0.15, -0.1) is 5.10 Å². The van der Waals surface area contributed by atoms with E-state index in [9.17, 15) is 4.39 Å². The summed E-state index contributed by atoms with van der Waals surface area (Å²) in [5.41, 5.74) is 1.93. The summed E-state index contributed by atoms with van der Waals surface area (Å²) in [6, 6.07) is 3.28. The van der Waals surface area contributed by atoms with E-state index in [0.717, 1.165) is 11.4 Å². The summed E-state index contributed by atoms with van der Waals surface area (Å²) >= 11 is 0. The van der Waals surface area contributed by atoms with Crippen LogP contribution in [0.4, 0.5) is 4.39 Å². The predicted molar refractivity (Wildman–Crippen MR) is 48.6 cm³/mol. The number of aryl methyl sites for hydroxylation is 1. The van der Waals surface area contributed by atoms with Crippen molar-refractivity contribution in [2.45, 2.75) is 13.8 Å². The zero-order valence-corrected chi connectivity index (χ0v) is 7.90. The molecule has 4 nitrogen and oxygen atoms in total. The fourth-order valence-electron chi connectivity index (χ4n) is 1.17. The number of pyridine rings is 1. The zero-order chi connectivity index (χ0) is 10.1. The molecule has 0 atom stereocenters. The van der Waals surface area contributed by atoms with Crippen molar-refractivity contribution in [2.75, 3.05) is 0 Å². The van der Waals surface area contributed by atoms with Gasteiger partial charge in [-0.25, -0.2) is 9.67 Å². The maximum Gasteiger partial charge on any atom is 0.238 e. The lowest BCUT2D eigenvalue weighted by Gasteiger charge is -2.02. The van der Waals surface area contributed by atoms with Crippen molar-refractivity contribution in [3.63, 3.8) is 0 Å². The molecule has 0 saturated heterocycles. The Labute approximate surface area is 80.4 Å². The van der Waals surface area contributed by atoms with Gasteiger partial charge < -0.3 is 0 Å². The Morgan fingerprint density at radius 1 is 1.36 bits per heavy atom. The first-order valence-electron chi connectivity index (χ1n) is 4.20. The monoisotopic (exact) mass is 192 g/mol. The van der Waals surface area contributed by atoms with Gasteiger partial charge in [0.15, 0.2) is 0 Å². The number of hydrogen-bond acceptors (Lipinski definition) is 3. The average molecular weight is 192 g/mol. The van der Waals surface area contributed by atoms with Crippen LogP contribution >= 0.6 is 0 Å². The summed E-state index contributed by atoms with van der Waals surface area (Å²) in [4.78, 5) is 3.55. The first-order valence-corrected chi connectivity index (χ1v) is 4.20. The van der Waals surface area contributed by atoms with Crippen LogP contribution in [-0.4, -0.2) is 20.0 Å². The van der Waals surface area contributed by atoms with Gasteiger partial charge in [0, 0.05) is 6.20 Å². The molecule has 0 aliphatic heterocycles. The molecule has 2 aromatic rings. The molecular weight excluding hydrogens is 183 g/mol. The van der Waals surface area contributed by atoms with Crippen LogP contribution in [0.1, 0.15) is 11.4 Å². The molecule has 0 bridgehead atoms. The minimum Gasteiger partial charge on any atom is -0.226 e. The fourth-order valence-corrected chi connectivity index (χ4v) is 1.17. The largest absolute Gasteiger partial charge is 0.238 e. The van der Waals surface area contributed by atoms with Crippen LogP contribution < -0.4 is 0 Å². The highest BCUT2D eigenvalue weighted by Crippen LogP contribution is 2.12. The molecule has 0 aliphatic carbocycles. The molecule has 0 radical (unpaired) electrons. The Hall–Kier alpha value is -1.78. The second kappa shape index (κ2) is 3.17. The molecule has 0 N–H and O–H groups in total. The number of halogens is 1. The lowest BCUT2D eigenvalue weighted by molar-refractivity contribution is 0.564. The SMILES string of the molecule is Cc1nnn(-c2cccnc2F)c1C. The molecule has 2 aromatic heterocycles. The molecule has 0 aliphatic rings. The van der Waals surface area contributed by atoms with Crippen LogP contribution in [0.3, 0.4) is 0 Å². The van der Waals surface area contributed by atoms with Crippen molar-refractivity contribution in [1.82, 2.24) is 20.0 Å². The van der Waals surface area contributed by atoms with Crippen LogP contribution in [0.15, 0.2) is 18.3 Å². The molecule has 0 aromatic carbocycles. The Kier molecular flexibility index (Phi) is 1.99. The van der Waals surface area contributed by atoms with Crippen LogP contribution in [0.5, 0.6) is 0 Å². The van der Waals surface area contributed by atoms with Gasteiger partial charge in [-0.1, -0.05) is 5.21 Å². The van der Waals surface area contributed by atoms with Gasteiger partial charge in [-0.2, -0.15) is 4.39 Å². The van der Waals surface area contributed by atoms with Gasteiger partial charge in [0.25, 0.3) is 0 Å². The molecule has 0 spiro atoms. The van der Waals surface area contributed by atoms with Crippen LogP contribution in [0.2, 0.25) is 0 Å². The van der Waals surface area contributed by atoms with E-state index in [1.807, 2.05) is 13.8 Å². The number of rotatable bonds is 1. The van der Waals surface area contributed by atoms with Gasteiger partial charge in [-0.05, 0) is 26.0 Å². The third-order valence-corrected chi connectivity index (χ3v) is 2.09. The zero-order valence-electron chi connectivity index (χ0n) is 7.90. The molecule has 0 saturated carbocycles. The van der Waals surface area contributed by atoms with Crippen molar-refractivity contribution in [2.24, 2.45) is 0 Å². The van der Waals surface area contributed by atoms with E-state index >= 15 is 0 Å². The molecule has 0 fully saturated rings. The maximum atomic E-state index is 13.3. The van der Waals surface area contributed by atoms with Gasteiger partial charge in [-0.3, -0.25) is 0 Å². The summed E-state index contributed by atoms with van der Waals surface area (Å²) in [6.45, 7) is 3.66. The molecule has 14 heavy (non-hydrogen) atoms. The normalized spacial score (nSPS) is 10.5. The van der Waals surface area contributed by atoms with E-state index in [-0.39, 0.29) is 0 Å². The van der Waals surface area contributed by atoms with E-state index in [1.165, 1.54) is 10.9 Å². The molecule has 2 rings (SSSR count). The first-order chi connectivity index (χ1) is 6.70. The van der Waals surface area contributed by atoms with Crippen molar-refractivity contribution >= 4 is 0 Å². The summed E-state index contributed by atoms with van der Waals surface area (Å²) in [5, 5.41) is 7.69. The fraction of sp³-hybridized carbons (Fsp3) is 0.222. The molecule has 72 valence electrons. The van der Waals surface area contributed by atoms with E-state index in [2.05, 4.69) is 15.3 Å². The van der Waals surface area contributed by atoms with Crippen molar-refractivity contribution in [1.29, 1.82) is 0 Å². The van der Waals surface area contributed by atoms with Crippen molar-refractivity contribution in [3.8, 4) is 5.69 Å². The van der Waals surface area contributed by atoms with E-state index in [4.69, 9.17) is 0 Å². The maximum absolute atomic E-state index is 13.3. The topological polar surface area (TPSA) is 43.6 Å². The van der Waals surface area contributed by atoms with Crippen molar-refractivity contribution < 1.29 is 4.39 Å². The Bertz CT molecular complexity index is 464. The minimum atomic E-state index is -0.541. The molecule has 2 heterocycles. The second-order valence-corrected chi connectivity index (χ2v) is 2.99. The summed E-state index contributed by atoms with van der Waals surface area (Å²) < 4.78 is 14.7. The standard InChI is InChI=1S/C9H9FN4/c1-6-7(2)14(13-12-6)8-4-3-5-11-9(8)10/h3-5H,1-2H3. The summed E-state index contributed by atoms with van der Waals surface area (Å²) in [6.07, 6.45) is 1.40. The Balaban J connectivity index is 2.60. The minimum absolute atomic E-state index is 0.325. The van der Waals surface area contributed by atoms with E-state index in [0.29, 0.717) is 5.69 Å². The molecular formula is C9H9FN4. The highest BCUT2D eigenvalue weighted by Gasteiger charge is 2.10. The number of hydrogen-bond donors (Lipinski definition) is 0. The predicted octanol–water partition coefficient (Wildman–Crippen LogP) is 1.42. The smallest absolute Gasteiger partial charge is 0.226 e. The van der Waals surface area contributed by atoms with Crippen LogP contribution in [0.25, 0.3) is 5.69 Å². The van der Waals surface area contributed by atoms with Crippen LogP contribution in [-0.2, 0) is 0 Å². The average Bonchev–Trinajstić information content (AvgIpc) is 2.49. The highest BCUT2D eigenvalue weighted by molar-refractivity contribution is 5.30. The Morgan fingerprint density at radius 3 is 2.71 bits per heavy atom. The van der Waals surface area contributed by atoms with E-state index < -0.39 is 5.95 Å². The lowest BCUT2D eigenvalue weighted by atomic mass is 10.3. The summed E-state index contributed by atoms with van der Waals surface area (Å²) in [7, 11) is 0. The molecule has 0 unspecified atom stereocenters. The van der Waals surface area contributed by atoms with Crippen LogP contribution in [0, 0.1) is 19.8 Å². The number of aromatic nitrogens is 4. The number of nitrogens with zero attached hydrogens (tertiary/aromatic N) is 4. The highest BCUT2D eigenvalue weighted by atomic mass is 19.1. The van der Waals surface area contributed by atoms with Gasteiger partial charge >= 0.3 is 0 Å². The molecule has 0 amide bonds. The second-order valence-electron chi connectivity index (χ2n) is 2.99. The first kappa shape index (κ1) is 8.80. The van der Waals surface area contributed by atoms with Crippen molar-refractivity contribution in [3.05, 3.63) is 35.7 Å². The van der Waals surface area contributed by atoms with Gasteiger partial charge in [0.2, 0.25) is 5.95 Å². The lowest BCUT2D eigenvalue weighted by Crippen LogP contribution is -2.03. The van der Waals surface area contributed by atoms with E-state index in [1.54, 1.807) is 12.1 Å². The van der Waals surface area contributed by atoms with Gasteiger partial charge in [0.1, 0.15) is 5.69 Å². The third-order valence-electron chi connectivity index (χ3n) is 2.09.